The standard InChI is InChI=1S/C22H23N3O2S/c1-15-16(2)28-21-19(15)20(26)24(12-10-17-7-4-3-5-8-17)22(27)25(21)14-18-9-6-11-23-13-18/h3-9,11,13,19,21H,10,12,14H2,1-2H3. The Bertz CT molecular complexity index is 914. The molecule has 2 aromatic rings. The van der Waals surface area contributed by atoms with Crippen molar-refractivity contribution in [1.82, 2.24) is 14.8 Å². The maximum atomic E-state index is 13.3. The van der Waals surface area contributed by atoms with Crippen molar-refractivity contribution < 1.29 is 9.59 Å². The van der Waals surface area contributed by atoms with E-state index in [2.05, 4.69) is 4.98 Å². The fourth-order valence-electron chi connectivity index (χ4n) is 3.79. The first-order valence-electron chi connectivity index (χ1n) is 9.45. The minimum absolute atomic E-state index is 0.0739. The topological polar surface area (TPSA) is 53.5 Å². The first-order chi connectivity index (χ1) is 13.6. The van der Waals surface area contributed by atoms with Crippen molar-refractivity contribution in [3.8, 4) is 0 Å². The van der Waals surface area contributed by atoms with E-state index in [1.54, 1.807) is 24.2 Å². The number of pyridine rings is 1. The molecule has 0 N–H and O–H groups in total. The molecule has 6 heteroatoms. The third-order valence-electron chi connectivity index (χ3n) is 5.46. The van der Waals surface area contributed by atoms with E-state index in [4.69, 9.17) is 0 Å². The zero-order valence-corrected chi connectivity index (χ0v) is 16.9. The van der Waals surface area contributed by atoms with Crippen LogP contribution in [0.3, 0.4) is 0 Å². The minimum atomic E-state index is -0.268. The Morgan fingerprint density at radius 3 is 2.50 bits per heavy atom. The van der Waals surface area contributed by atoms with Gasteiger partial charge in [0.25, 0.3) is 0 Å². The van der Waals surface area contributed by atoms with Gasteiger partial charge in [-0.2, -0.15) is 0 Å². The highest BCUT2D eigenvalue weighted by atomic mass is 32.2. The highest BCUT2D eigenvalue weighted by molar-refractivity contribution is 8.03. The zero-order chi connectivity index (χ0) is 19.7. The van der Waals surface area contributed by atoms with E-state index in [0.717, 1.165) is 21.6 Å². The number of aromatic nitrogens is 1. The van der Waals surface area contributed by atoms with Gasteiger partial charge in [0.15, 0.2) is 0 Å². The predicted molar refractivity (Wildman–Crippen MR) is 110 cm³/mol. The van der Waals surface area contributed by atoms with E-state index >= 15 is 0 Å². The number of urea groups is 1. The van der Waals surface area contributed by atoms with Crippen LogP contribution in [0.15, 0.2) is 65.3 Å². The fourth-order valence-corrected chi connectivity index (χ4v) is 5.21. The number of fused-ring (bicyclic) bond motifs is 1. The molecule has 0 saturated carbocycles. The molecule has 2 aliphatic rings. The highest BCUT2D eigenvalue weighted by Gasteiger charge is 2.50. The largest absolute Gasteiger partial charge is 0.327 e. The van der Waals surface area contributed by atoms with E-state index in [1.807, 2.05) is 61.2 Å². The number of hydrogen-bond donors (Lipinski definition) is 0. The van der Waals surface area contributed by atoms with Crippen molar-refractivity contribution in [2.75, 3.05) is 6.54 Å². The van der Waals surface area contributed by atoms with Gasteiger partial charge in [-0.15, -0.1) is 11.8 Å². The number of carbonyl (C=O) groups excluding carboxylic acids is 2. The summed E-state index contributed by atoms with van der Waals surface area (Å²) < 4.78 is 0. The molecule has 1 fully saturated rings. The Morgan fingerprint density at radius 2 is 1.79 bits per heavy atom. The second kappa shape index (κ2) is 7.80. The molecular formula is C22H23N3O2S. The maximum absolute atomic E-state index is 13.3. The highest BCUT2D eigenvalue weighted by Crippen LogP contribution is 2.47. The molecule has 144 valence electrons. The Hall–Kier alpha value is -2.60. The molecule has 3 amide bonds. The molecule has 1 aromatic carbocycles. The third-order valence-corrected chi connectivity index (χ3v) is 6.91. The Labute approximate surface area is 169 Å². The summed E-state index contributed by atoms with van der Waals surface area (Å²) in [5.41, 5.74) is 3.16. The normalized spacial score (nSPS) is 22.1. The van der Waals surface area contributed by atoms with Crippen LogP contribution in [0.4, 0.5) is 4.79 Å². The molecule has 4 rings (SSSR count). The van der Waals surface area contributed by atoms with Crippen molar-refractivity contribution in [1.29, 1.82) is 0 Å². The SMILES string of the molecule is CC1=C(C)C2C(=O)N(CCc3ccccc3)C(=O)N(Cc3cccnc3)C2S1. The minimum Gasteiger partial charge on any atom is -0.306 e. The van der Waals surface area contributed by atoms with Gasteiger partial charge in [0.2, 0.25) is 5.91 Å². The summed E-state index contributed by atoms with van der Waals surface area (Å²) in [7, 11) is 0. The van der Waals surface area contributed by atoms with Crippen LogP contribution in [0.2, 0.25) is 0 Å². The van der Waals surface area contributed by atoms with Gasteiger partial charge in [-0.25, -0.2) is 4.79 Å². The fraction of sp³-hybridized carbons (Fsp3) is 0.318. The van der Waals surface area contributed by atoms with E-state index in [9.17, 15) is 9.59 Å². The summed E-state index contributed by atoms with van der Waals surface area (Å²) >= 11 is 1.63. The third kappa shape index (κ3) is 3.44. The van der Waals surface area contributed by atoms with Crippen molar-refractivity contribution >= 4 is 23.7 Å². The van der Waals surface area contributed by atoms with Crippen LogP contribution in [0, 0.1) is 5.92 Å². The van der Waals surface area contributed by atoms with Crippen molar-refractivity contribution in [2.45, 2.75) is 32.2 Å². The molecule has 5 nitrogen and oxygen atoms in total. The quantitative estimate of drug-likeness (QED) is 0.768. The van der Waals surface area contributed by atoms with Crippen LogP contribution in [0.5, 0.6) is 0 Å². The lowest BCUT2D eigenvalue weighted by atomic mass is 9.95. The molecular weight excluding hydrogens is 370 g/mol. The number of amides is 3. The second-order valence-electron chi connectivity index (χ2n) is 7.22. The second-order valence-corrected chi connectivity index (χ2v) is 8.55. The molecule has 0 aliphatic carbocycles. The molecule has 2 atom stereocenters. The maximum Gasteiger partial charge on any atom is 0.327 e. The number of imide groups is 1. The van der Waals surface area contributed by atoms with Gasteiger partial charge in [-0.1, -0.05) is 36.4 Å². The number of carbonyl (C=O) groups is 2. The first kappa shape index (κ1) is 18.7. The number of nitrogens with zero attached hydrogens (tertiary/aromatic N) is 3. The summed E-state index contributed by atoms with van der Waals surface area (Å²) in [6.07, 6.45) is 4.16. The lowest BCUT2D eigenvalue weighted by Gasteiger charge is -2.42. The van der Waals surface area contributed by atoms with Crippen LogP contribution >= 0.6 is 11.8 Å². The summed E-state index contributed by atoms with van der Waals surface area (Å²) in [5.74, 6) is -0.342. The first-order valence-corrected chi connectivity index (χ1v) is 10.3. The van der Waals surface area contributed by atoms with Crippen LogP contribution < -0.4 is 0 Å². The van der Waals surface area contributed by atoms with Crippen LogP contribution in [0.1, 0.15) is 25.0 Å². The predicted octanol–water partition coefficient (Wildman–Crippen LogP) is 4.07. The Balaban J connectivity index is 1.60. The summed E-state index contributed by atoms with van der Waals surface area (Å²) in [6, 6.07) is 13.6. The van der Waals surface area contributed by atoms with Gasteiger partial charge in [-0.3, -0.25) is 14.7 Å². The molecule has 1 saturated heterocycles. The molecule has 28 heavy (non-hydrogen) atoms. The number of benzene rings is 1. The van der Waals surface area contributed by atoms with Crippen LogP contribution in [-0.2, 0) is 17.8 Å². The summed E-state index contributed by atoms with van der Waals surface area (Å²) in [5, 5.41) is -0.173. The number of thioether (sulfide) groups is 1. The molecule has 2 aliphatic heterocycles. The summed E-state index contributed by atoms with van der Waals surface area (Å²) in [4.78, 5) is 35.1. The molecule has 1 aromatic heterocycles. The van der Waals surface area contributed by atoms with Crippen molar-refractivity contribution in [3.05, 3.63) is 76.5 Å². The van der Waals surface area contributed by atoms with Gasteiger partial charge in [-0.05, 0) is 47.9 Å². The zero-order valence-electron chi connectivity index (χ0n) is 16.0. The van der Waals surface area contributed by atoms with Crippen LogP contribution in [-0.4, -0.2) is 38.6 Å². The molecule has 2 unspecified atom stereocenters. The number of allylic oxidation sites excluding steroid dienone is 1. The van der Waals surface area contributed by atoms with E-state index in [-0.39, 0.29) is 23.2 Å². The van der Waals surface area contributed by atoms with Crippen molar-refractivity contribution in [3.63, 3.8) is 0 Å². The van der Waals surface area contributed by atoms with Gasteiger partial charge < -0.3 is 4.90 Å². The lowest BCUT2D eigenvalue weighted by Crippen LogP contribution is -2.59. The van der Waals surface area contributed by atoms with Crippen molar-refractivity contribution in [2.24, 2.45) is 5.92 Å². The molecule has 0 radical (unpaired) electrons. The Morgan fingerprint density at radius 1 is 1.04 bits per heavy atom. The average Bonchev–Trinajstić information content (AvgIpc) is 3.01. The van der Waals surface area contributed by atoms with Crippen LogP contribution in [0.25, 0.3) is 0 Å². The molecule has 0 bridgehead atoms. The van der Waals surface area contributed by atoms with Gasteiger partial charge in [0.05, 0.1) is 17.8 Å². The lowest BCUT2D eigenvalue weighted by molar-refractivity contribution is -0.135. The van der Waals surface area contributed by atoms with Gasteiger partial charge >= 0.3 is 6.03 Å². The van der Waals surface area contributed by atoms with Gasteiger partial charge in [0, 0.05) is 18.9 Å². The summed E-state index contributed by atoms with van der Waals surface area (Å²) in [6.45, 7) is 4.90. The molecule has 3 heterocycles. The van der Waals surface area contributed by atoms with E-state index < -0.39 is 0 Å². The van der Waals surface area contributed by atoms with Gasteiger partial charge in [0.1, 0.15) is 0 Å². The number of hydrogen-bond acceptors (Lipinski definition) is 4. The molecule has 0 spiro atoms. The number of rotatable bonds is 5. The monoisotopic (exact) mass is 393 g/mol. The van der Waals surface area contributed by atoms with E-state index in [1.165, 1.54) is 4.90 Å². The smallest absolute Gasteiger partial charge is 0.306 e. The Kier molecular flexibility index (Phi) is 5.22. The average molecular weight is 394 g/mol. The van der Waals surface area contributed by atoms with E-state index in [0.29, 0.717) is 19.5 Å².